The molecule has 0 spiro atoms. The number of halogens is 1. The predicted molar refractivity (Wildman–Crippen MR) is 66.8 cm³/mol. The van der Waals surface area contributed by atoms with Crippen molar-refractivity contribution in [2.24, 2.45) is 0 Å². The molecular formula is C9H7IN2O2S. The summed E-state index contributed by atoms with van der Waals surface area (Å²) in [7, 11) is 0. The van der Waals surface area contributed by atoms with Crippen LogP contribution in [0.4, 0.5) is 5.13 Å². The van der Waals surface area contributed by atoms with Gasteiger partial charge in [-0.15, -0.1) is 0 Å². The lowest BCUT2D eigenvalue weighted by Gasteiger charge is -1.92. The first-order chi connectivity index (χ1) is 7.16. The number of anilines is 1. The van der Waals surface area contributed by atoms with Gasteiger partial charge in [0.1, 0.15) is 5.69 Å². The number of thiazole rings is 1. The van der Waals surface area contributed by atoms with Crippen LogP contribution in [0.25, 0.3) is 11.5 Å². The Morgan fingerprint density at radius 2 is 2.47 bits per heavy atom. The summed E-state index contributed by atoms with van der Waals surface area (Å²) in [5.74, 6) is 0.596. The quantitative estimate of drug-likeness (QED) is 0.859. The molecule has 0 aromatic carbocycles. The molecule has 2 heterocycles. The number of hydrogen-bond acceptors (Lipinski definition) is 4. The maximum atomic E-state index is 10.8. The van der Waals surface area contributed by atoms with Gasteiger partial charge in [-0.2, -0.15) is 0 Å². The van der Waals surface area contributed by atoms with Crippen LogP contribution in [0.1, 0.15) is 6.92 Å². The third kappa shape index (κ3) is 2.37. The molecule has 15 heavy (non-hydrogen) atoms. The Balaban J connectivity index is 2.34. The summed E-state index contributed by atoms with van der Waals surface area (Å²) in [6, 6.07) is 3.65. The van der Waals surface area contributed by atoms with Gasteiger partial charge in [-0.25, -0.2) is 4.98 Å². The van der Waals surface area contributed by atoms with Gasteiger partial charge in [0.2, 0.25) is 5.91 Å². The Morgan fingerprint density at radius 1 is 1.67 bits per heavy atom. The molecule has 2 aromatic rings. The molecule has 0 fully saturated rings. The van der Waals surface area contributed by atoms with E-state index in [-0.39, 0.29) is 5.91 Å². The fourth-order valence-corrected chi connectivity index (χ4v) is 2.83. The van der Waals surface area contributed by atoms with Gasteiger partial charge in [0.05, 0.1) is 9.15 Å². The smallest absolute Gasteiger partial charge is 0.223 e. The number of aromatic nitrogens is 1. The minimum Gasteiger partial charge on any atom is -0.463 e. The number of nitrogens with zero attached hydrogens (tertiary/aromatic N) is 1. The van der Waals surface area contributed by atoms with Crippen LogP contribution in [-0.4, -0.2) is 10.9 Å². The maximum Gasteiger partial charge on any atom is 0.223 e. The van der Waals surface area contributed by atoms with E-state index in [1.165, 1.54) is 18.3 Å². The van der Waals surface area contributed by atoms with Crippen molar-refractivity contribution in [1.29, 1.82) is 0 Å². The highest BCUT2D eigenvalue weighted by molar-refractivity contribution is 14.1. The molecule has 0 bridgehead atoms. The molecule has 0 aliphatic carbocycles. The molecule has 1 N–H and O–H groups in total. The number of amides is 1. The van der Waals surface area contributed by atoms with Gasteiger partial charge in [-0.05, 0) is 34.7 Å². The Bertz CT molecular complexity index is 478. The molecule has 0 aliphatic rings. The van der Waals surface area contributed by atoms with Gasteiger partial charge in [-0.3, -0.25) is 4.79 Å². The summed E-state index contributed by atoms with van der Waals surface area (Å²) in [6.45, 7) is 1.46. The van der Waals surface area contributed by atoms with Crippen molar-refractivity contribution < 1.29 is 9.21 Å². The lowest BCUT2D eigenvalue weighted by atomic mass is 10.4. The van der Waals surface area contributed by atoms with Crippen molar-refractivity contribution >= 4 is 45.0 Å². The number of carbonyl (C=O) groups is 1. The largest absolute Gasteiger partial charge is 0.463 e. The molecule has 0 saturated heterocycles. The topological polar surface area (TPSA) is 55.1 Å². The van der Waals surface area contributed by atoms with Gasteiger partial charge in [-0.1, -0.05) is 11.3 Å². The highest BCUT2D eigenvalue weighted by atomic mass is 127. The van der Waals surface area contributed by atoms with Gasteiger partial charge >= 0.3 is 0 Å². The van der Waals surface area contributed by atoms with Crippen molar-refractivity contribution in [3.05, 3.63) is 21.3 Å². The number of carbonyl (C=O) groups excluding carboxylic acids is 1. The minimum atomic E-state index is -0.119. The van der Waals surface area contributed by atoms with Crippen LogP contribution in [0, 0.1) is 2.88 Å². The van der Waals surface area contributed by atoms with Gasteiger partial charge < -0.3 is 9.73 Å². The van der Waals surface area contributed by atoms with E-state index in [0.717, 1.165) is 8.58 Å². The third-order valence-electron chi connectivity index (χ3n) is 1.62. The second-order valence-corrected chi connectivity index (χ2v) is 5.61. The van der Waals surface area contributed by atoms with Crippen LogP contribution in [0.5, 0.6) is 0 Å². The lowest BCUT2D eigenvalue weighted by molar-refractivity contribution is -0.114. The van der Waals surface area contributed by atoms with Crippen LogP contribution in [0.2, 0.25) is 0 Å². The fourth-order valence-electron chi connectivity index (χ4n) is 1.07. The summed E-state index contributed by atoms with van der Waals surface area (Å²) in [5.41, 5.74) is 0.773. The van der Waals surface area contributed by atoms with E-state index in [9.17, 15) is 4.79 Å². The van der Waals surface area contributed by atoms with E-state index in [0.29, 0.717) is 10.9 Å². The van der Waals surface area contributed by atoms with Crippen molar-refractivity contribution in [1.82, 2.24) is 4.98 Å². The lowest BCUT2D eigenvalue weighted by Crippen LogP contribution is -2.04. The zero-order chi connectivity index (χ0) is 10.8. The molecular weight excluding hydrogens is 327 g/mol. The number of furan rings is 1. The molecule has 6 heteroatoms. The van der Waals surface area contributed by atoms with E-state index >= 15 is 0 Å². The van der Waals surface area contributed by atoms with Crippen molar-refractivity contribution in [2.45, 2.75) is 6.92 Å². The Hall–Kier alpha value is -0.890. The second-order valence-electron chi connectivity index (χ2n) is 2.80. The van der Waals surface area contributed by atoms with Crippen molar-refractivity contribution in [3.63, 3.8) is 0 Å². The highest BCUT2D eigenvalue weighted by Crippen LogP contribution is 2.32. The molecule has 0 atom stereocenters. The normalized spacial score (nSPS) is 10.3. The standard InChI is InChI=1S/C9H7IN2O2S/c1-5(13)11-9-12-7(8(10)15-9)6-3-2-4-14-6/h2-4H,1H3,(H,11,12,13). The van der Waals surface area contributed by atoms with Crippen molar-refractivity contribution in [3.8, 4) is 11.5 Å². The summed E-state index contributed by atoms with van der Waals surface area (Å²) in [5, 5.41) is 3.25. The highest BCUT2D eigenvalue weighted by Gasteiger charge is 2.13. The fraction of sp³-hybridized carbons (Fsp3) is 0.111. The van der Waals surface area contributed by atoms with Crippen LogP contribution < -0.4 is 5.32 Å². The predicted octanol–water partition coefficient (Wildman–Crippen LogP) is 2.97. The van der Waals surface area contributed by atoms with E-state index in [1.54, 1.807) is 6.26 Å². The van der Waals surface area contributed by atoms with Crippen molar-refractivity contribution in [2.75, 3.05) is 5.32 Å². The zero-order valence-electron chi connectivity index (χ0n) is 7.78. The molecule has 2 aromatic heterocycles. The SMILES string of the molecule is CC(=O)Nc1nc(-c2ccco2)c(I)s1. The second kappa shape index (κ2) is 4.31. The summed E-state index contributed by atoms with van der Waals surface area (Å²) >= 11 is 3.60. The van der Waals surface area contributed by atoms with Crippen LogP contribution in [-0.2, 0) is 4.79 Å². The van der Waals surface area contributed by atoms with Gasteiger partial charge in [0.15, 0.2) is 10.9 Å². The first-order valence-corrected chi connectivity index (χ1v) is 6.04. The maximum absolute atomic E-state index is 10.8. The molecule has 1 amide bonds. The molecule has 78 valence electrons. The summed E-state index contributed by atoms with van der Waals surface area (Å²) in [4.78, 5) is 15.1. The molecule has 0 aliphatic heterocycles. The first kappa shape index (κ1) is 10.6. The van der Waals surface area contributed by atoms with E-state index in [2.05, 4.69) is 32.9 Å². The van der Waals surface area contributed by atoms with E-state index < -0.39 is 0 Å². The Morgan fingerprint density at radius 3 is 3.07 bits per heavy atom. The van der Waals surface area contributed by atoms with Gasteiger partial charge in [0, 0.05) is 6.92 Å². The number of hydrogen-bond donors (Lipinski definition) is 1. The van der Waals surface area contributed by atoms with E-state index in [1.807, 2.05) is 12.1 Å². The molecule has 0 unspecified atom stereocenters. The van der Waals surface area contributed by atoms with E-state index in [4.69, 9.17) is 4.42 Å². The Kier molecular flexibility index (Phi) is 3.06. The van der Waals surface area contributed by atoms with Gasteiger partial charge in [0.25, 0.3) is 0 Å². The molecule has 0 saturated carbocycles. The summed E-state index contributed by atoms with van der Waals surface area (Å²) < 4.78 is 6.24. The monoisotopic (exact) mass is 334 g/mol. The Labute approximate surface area is 104 Å². The molecule has 2 rings (SSSR count). The summed E-state index contributed by atoms with van der Waals surface area (Å²) in [6.07, 6.45) is 1.60. The minimum absolute atomic E-state index is 0.119. The van der Waals surface area contributed by atoms with Crippen LogP contribution in [0.15, 0.2) is 22.8 Å². The number of nitrogens with one attached hydrogen (secondary N) is 1. The van der Waals surface area contributed by atoms with Crippen LogP contribution >= 0.6 is 33.9 Å². The average molecular weight is 334 g/mol. The number of rotatable bonds is 2. The van der Waals surface area contributed by atoms with Crippen LogP contribution in [0.3, 0.4) is 0 Å². The average Bonchev–Trinajstić information content (AvgIpc) is 2.72. The molecule has 0 radical (unpaired) electrons. The third-order valence-corrected chi connectivity index (χ3v) is 3.55. The zero-order valence-corrected chi connectivity index (χ0v) is 10.8. The first-order valence-electron chi connectivity index (χ1n) is 4.14. The molecule has 4 nitrogen and oxygen atoms in total.